The van der Waals surface area contributed by atoms with Crippen LogP contribution in [-0.2, 0) is 4.79 Å². The maximum Gasteiger partial charge on any atom is 0.328 e. The van der Waals surface area contributed by atoms with Gasteiger partial charge in [-0.2, -0.15) is 0 Å². The average Bonchev–Trinajstić information content (AvgIpc) is 2.44. The normalized spacial score (nSPS) is 10.8. The summed E-state index contributed by atoms with van der Waals surface area (Å²) in [5.74, 6) is -0.989. The van der Waals surface area contributed by atoms with E-state index in [9.17, 15) is 9.59 Å². The van der Waals surface area contributed by atoms with Gasteiger partial charge in [0.05, 0.1) is 0 Å². The van der Waals surface area contributed by atoms with E-state index in [2.05, 4.69) is 10.6 Å². The summed E-state index contributed by atoms with van der Waals surface area (Å²) < 4.78 is 0. The first-order valence-corrected chi connectivity index (χ1v) is 6.63. The monoisotopic (exact) mass is 276 g/mol. The topological polar surface area (TPSA) is 78.4 Å². The molecule has 0 aromatic heterocycles. The smallest absolute Gasteiger partial charge is 0.328 e. The Morgan fingerprint density at radius 1 is 1.20 bits per heavy atom. The molecule has 5 nitrogen and oxygen atoms in total. The minimum Gasteiger partial charge on any atom is -0.478 e. The van der Waals surface area contributed by atoms with E-state index in [1.165, 1.54) is 6.08 Å². The predicted molar refractivity (Wildman–Crippen MR) is 79.6 cm³/mol. The molecule has 0 fully saturated rings. The lowest BCUT2D eigenvalue weighted by Crippen LogP contribution is -2.37. The number of carboxylic acid groups (broad SMARTS) is 1. The molecular weight excluding hydrogens is 256 g/mol. The fourth-order valence-electron chi connectivity index (χ4n) is 1.69. The Morgan fingerprint density at radius 3 is 2.30 bits per heavy atom. The molecule has 108 valence electrons. The number of hydrogen-bond acceptors (Lipinski definition) is 2. The molecule has 1 aromatic rings. The van der Waals surface area contributed by atoms with Gasteiger partial charge in [0.15, 0.2) is 0 Å². The van der Waals surface area contributed by atoms with E-state index in [0.717, 1.165) is 24.5 Å². The largest absolute Gasteiger partial charge is 0.478 e. The molecule has 0 unspecified atom stereocenters. The third kappa shape index (κ3) is 5.56. The Balaban J connectivity index is 2.57. The van der Waals surface area contributed by atoms with Gasteiger partial charge in [-0.1, -0.05) is 26.0 Å². The van der Waals surface area contributed by atoms with Crippen LogP contribution in [0.2, 0.25) is 0 Å². The van der Waals surface area contributed by atoms with Crippen molar-refractivity contribution in [2.75, 3.05) is 5.32 Å². The Bertz CT molecular complexity index is 476. The van der Waals surface area contributed by atoms with Crippen molar-refractivity contribution in [3.63, 3.8) is 0 Å². The molecule has 1 aromatic carbocycles. The van der Waals surface area contributed by atoms with E-state index < -0.39 is 5.97 Å². The highest BCUT2D eigenvalue weighted by atomic mass is 16.4. The number of anilines is 1. The van der Waals surface area contributed by atoms with Crippen LogP contribution in [-0.4, -0.2) is 23.1 Å². The number of rotatable bonds is 6. The lowest BCUT2D eigenvalue weighted by molar-refractivity contribution is -0.131. The van der Waals surface area contributed by atoms with E-state index >= 15 is 0 Å². The molecule has 3 N–H and O–H groups in total. The molecular formula is C15H20N2O3. The summed E-state index contributed by atoms with van der Waals surface area (Å²) in [6.45, 7) is 4.05. The van der Waals surface area contributed by atoms with Crippen LogP contribution in [0.3, 0.4) is 0 Å². The molecule has 0 atom stereocenters. The molecule has 0 saturated heterocycles. The lowest BCUT2D eigenvalue weighted by Gasteiger charge is -2.15. The molecule has 0 bridgehead atoms. The molecule has 20 heavy (non-hydrogen) atoms. The maximum atomic E-state index is 11.7. The van der Waals surface area contributed by atoms with Gasteiger partial charge in [0.1, 0.15) is 0 Å². The number of aliphatic carboxylic acids is 1. The minimum atomic E-state index is -0.989. The molecule has 2 amide bonds. The first-order valence-electron chi connectivity index (χ1n) is 6.63. The first kappa shape index (κ1) is 15.8. The van der Waals surface area contributed by atoms with E-state index in [1.807, 2.05) is 13.8 Å². The van der Waals surface area contributed by atoms with Crippen LogP contribution in [0.1, 0.15) is 32.3 Å². The van der Waals surface area contributed by atoms with Crippen molar-refractivity contribution < 1.29 is 14.7 Å². The molecule has 0 radical (unpaired) electrons. The Morgan fingerprint density at radius 2 is 1.80 bits per heavy atom. The predicted octanol–water partition coefficient (Wildman–Crippen LogP) is 3.09. The van der Waals surface area contributed by atoms with E-state index in [0.29, 0.717) is 5.69 Å². The van der Waals surface area contributed by atoms with Gasteiger partial charge in [-0.25, -0.2) is 9.59 Å². The Hall–Kier alpha value is -2.30. The number of carbonyl (C=O) groups excluding carboxylic acids is 1. The number of nitrogens with one attached hydrogen (secondary N) is 2. The van der Waals surface area contributed by atoms with Crippen LogP contribution in [0.4, 0.5) is 10.5 Å². The minimum absolute atomic E-state index is 0.174. The van der Waals surface area contributed by atoms with Gasteiger partial charge in [0, 0.05) is 17.8 Å². The quantitative estimate of drug-likeness (QED) is 0.699. The molecule has 0 aliphatic carbocycles. The van der Waals surface area contributed by atoms with Gasteiger partial charge in [-0.05, 0) is 36.6 Å². The second-order valence-corrected chi connectivity index (χ2v) is 4.41. The Kier molecular flexibility index (Phi) is 6.29. The van der Waals surface area contributed by atoms with Gasteiger partial charge < -0.3 is 15.7 Å². The molecule has 0 aliphatic heterocycles. The maximum absolute atomic E-state index is 11.7. The van der Waals surface area contributed by atoms with E-state index in [-0.39, 0.29) is 12.1 Å². The summed E-state index contributed by atoms with van der Waals surface area (Å²) in [7, 11) is 0. The summed E-state index contributed by atoms with van der Waals surface area (Å²) in [5.41, 5.74) is 1.43. The van der Waals surface area contributed by atoms with Gasteiger partial charge >= 0.3 is 12.0 Å². The zero-order chi connectivity index (χ0) is 15.0. The van der Waals surface area contributed by atoms with Gasteiger partial charge in [0.2, 0.25) is 0 Å². The standard InChI is InChI=1S/C15H20N2O3/c1-3-12(4-2)16-15(20)17-13-8-5-11(6-9-13)7-10-14(18)19/h5-10,12H,3-4H2,1-2H3,(H,18,19)(H2,16,17,20). The van der Waals surface area contributed by atoms with Crippen LogP contribution >= 0.6 is 0 Å². The summed E-state index contributed by atoms with van der Waals surface area (Å²) in [6.07, 6.45) is 4.35. The molecule has 0 aliphatic rings. The number of carbonyl (C=O) groups is 2. The zero-order valence-corrected chi connectivity index (χ0v) is 11.7. The van der Waals surface area contributed by atoms with Crippen molar-refractivity contribution >= 4 is 23.8 Å². The fourth-order valence-corrected chi connectivity index (χ4v) is 1.69. The second kappa shape index (κ2) is 7.99. The van der Waals surface area contributed by atoms with Gasteiger partial charge in [-0.15, -0.1) is 0 Å². The van der Waals surface area contributed by atoms with Crippen LogP contribution in [0.15, 0.2) is 30.3 Å². The van der Waals surface area contributed by atoms with Crippen molar-refractivity contribution in [3.05, 3.63) is 35.9 Å². The molecule has 5 heteroatoms. The fraction of sp³-hybridized carbons (Fsp3) is 0.333. The molecule has 1 rings (SSSR count). The van der Waals surface area contributed by atoms with Crippen molar-refractivity contribution in [1.29, 1.82) is 0 Å². The van der Waals surface area contributed by atoms with Crippen molar-refractivity contribution in [1.82, 2.24) is 5.32 Å². The van der Waals surface area contributed by atoms with Crippen molar-refractivity contribution in [2.24, 2.45) is 0 Å². The molecule has 0 saturated carbocycles. The van der Waals surface area contributed by atoms with Gasteiger partial charge in [-0.3, -0.25) is 0 Å². The summed E-state index contributed by atoms with van der Waals surface area (Å²) in [6, 6.07) is 6.89. The van der Waals surface area contributed by atoms with E-state index in [1.54, 1.807) is 24.3 Å². The summed E-state index contributed by atoms with van der Waals surface area (Å²) in [4.78, 5) is 22.1. The highest BCUT2D eigenvalue weighted by Gasteiger charge is 2.07. The zero-order valence-electron chi connectivity index (χ0n) is 11.7. The third-order valence-corrected chi connectivity index (χ3v) is 2.91. The Labute approximate surface area is 118 Å². The van der Waals surface area contributed by atoms with Crippen LogP contribution < -0.4 is 10.6 Å². The van der Waals surface area contributed by atoms with Gasteiger partial charge in [0.25, 0.3) is 0 Å². The highest BCUT2D eigenvalue weighted by molar-refractivity contribution is 5.89. The number of carboxylic acids is 1. The highest BCUT2D eigenvalue weighted by Crippen LogP contribution is 2.11. The van der Waals surface area contributed by atoms with Crippen LogP contribution in [0, 0.1) is 0 Å². The number of benzene rings is 1. The van der Waals surface area contributed by atoms with Crippen LogP contribution in [0.5, 0.6) is 0 Å². The second-order valence-electron chi connectivity index (χ2n) is 4.41. The number of amides is 2. The summed E-state index contributed by atoms with van der Waals surface area (Å²) >= 11 is 0. The third-order valence-electron chi connectivity index (χ3n) is 2.91. The number of urea groups is 1. The SMILES string of the molecule is CCC(CC)NC(=O)Nc1ccc(C=CC(=O)O)cc1. The summed E-state index contributed by atoms with van der Waals surface area (Å²) in [5, 5.41) is 14.1. The number of hydrogen-bond donors (Lipinski definition) is 3. The van der Waals surface area contributed by atoms with Crippen LogP contribution in [0.25, 0.3) is 6.08 Å². The molecule has 0 spiro atoms. The van der Waals surface area contributed by atoms with Crippen molar-refractivity contribution in [3.8, 4) is 0 Å². The van der Waals surface area contributed by atoms with Crippen molar-refractivity contribution in [2.45, 2.75) is 32.7 Å². The average molecular weight is 276 g/mol. The lowest BCUT2D eigenvalue weighted by atomic mass is 10.2. The molecule has 0 heterocycles. The first-order chi connectivity index (χ1) is 9.55. The van der Waals surface area contributed by atoms with E-state index in [4.69, 9.17) is 5.11 Å².